The van der Waals surface area contributed by atoms with Crippen LogP contribution in [0.1, 0.15) is 63.4 Å². The second-order valence-corrected chi connectivity index (χ2v) is 11.5. The second-order valence-electron chi connectivity index (χ2n) is 11.5. The highest BCUT2D eigenvalue weighted by atomic mass is 19.4. The van der Waals surface area contributed by atoms with E-state index in [9.17, 15) is 22.8 Å². The number of nitrogens with zero attached hydrogens (tertiary/aromatic N) is 4. The molecule has 41 heavy (non-hydrogen) atoms. The molecule has 0 fully saturated rings. The Morgan fingerprint density at radius 3 is 2.29 bits per heavy atom. The van der Waals surface area contributed by atoms with Crippen molar-refractivity contribution in [1.82, 2.24) is 19.7 Å². The third kappa shape index (κ3) is 5.94. The van der Waals surface area contributed by atoms with Crippen LogP contribution < -0.4 is 0 Å². The van der Waals surface area contributed by atoms with E-state index in [1.165, 1.54) is 23.9 Å². The average molecular weight is 561 g/mol. The molecule has 2 aromatic heterocycles. The molecular formula is C32H31F3N4O2. The number of carbonyl (C=O) groups is 2. The van der Waals surface area contributed by atoms with Gasteiger partial charge in [-0.15, -0.1) is 0 Å². The lowest BCUT2D eigenvalue weighted by Crippen LogP contribution is -2.29. The Bertz CT molecular complexity index is 1590. The van der Waals surface area contributed by atoms with E-state index < -0.39 is 11.7 Å². The maximum absolute atomic E-state index is 13.3. The highest BCUT2D eigenvalue weighted by molar-refractivity contribution is 6.04. The first-order chi connectivity index (χ1) is 19.3. The van der Waals surface area contributed by atoms with Crippen molar-refractivity contribution in [2.75, 3.05) is 13.6 Å². The van der Waals surface area contributed by atoms with E-state index in [1.807, 2.05) is 32.9 Å². The largest absolute Gasteiger partial charge is 0.416 e. The van der Waals surface area contributed by atoms with Crippen molar-refractivity contribution in [2.45, 2.75) is 46.2 Å². The van der Waals surface area contributed by atoms with Crippen LogP contribution in [0.2, 0.25) is 0 Å². The van der Waals surface area contributed by atoms with Crippen molar-refractivity contribution in [2.24, 2.45) is 5.41 Å². The lowest BCUT2D eigenvalue weighted by molar-refractivity contribution is -0.137. The minimum atomic E-state index is -4.46. The number of rotatable bonds is 6. The van der Waals surface area contributed by atoms with Crippen LogP contribution in [0.5, 0.6) is 0 Å². The maximum atomic E-state index is 13.3. The van der Waals surface area contributed by atoms with Crippen LogP contribution in [0.15, 0.2) is 66.9 Å². The number of carbonyl (C=O) groups excluding carboxylic acids is 2. The molecule has 1 aliphatic carbocycles. The number of alkyl halides is 3. The van der Waals surface area contributed by atoms with Crippen molar-refractivity contribution in [3.8, 4) is 17.1 Å². The topological polar surface area (TPSA) is 68.1 Å². The summed E-state index contributed by atoms with van der Waals surface area (Å²) in [5.41, 5.74) is 3.46. The van der Waals surface area contributed by atoms with E-state index in [0.717, 1.165) is 24.1 Å². The van der Waals surface area contributed by atoms with Gasteiger partial charge in [-0.1, -0.05) is 55.8 Å². The molecule has 0 unspecified atom stereocenters. The number of aryl methyl sites for hydroxylation is 1. The summed E-state index contributed by atoms with van der Waals surface area (Å²) in [5.74, 6) is 0.142. The van der Waals surface area contributed by atoms with Crippen LogP contribution in [-0.4, -0.2) is 44.9 Å². The minimum absolute atomic E-state index is 0.112. The molecule has 0 aliphatic heterocycles. The summed E-state index contributed by atoms with van der Waals surface area (Å²) in [6.45, 7) is 6.56. The Kier molecular flexibility index (Phi) is 7.32. The van der Waals surface area contributed by atoms with Gasteiger partial charge < -0.3 is 4.90 Å². The Hall–Kier alpha value is -4.27. The maximum Gasteiger partial charge on any atom is 0.416 e. The summed E-state index contributed by atoms with van der Waals surface area (Å²) >= 11 is 0. The predicted octanol–water partition coefficient (Wildman–Crippen LogP) is 6.73. The first kappa shape index (κ1) is 28.3. The lowest BCUT2D eigenvalue weighted by atomic mass is 9.75. The summed E-state index contributed by atoms with van der Waals surface area (Å²) in [6, 6.07) is 16.2. The number of Topliss-reactive ketones (excluding diaryl/α,β-unsaturated/α-hetero) is 1. The molecule has 9 heteroatoms. The van der Waals surface area contributed by atoms with Crippen molar-refractivity contribution >= 4 is 11.7 Å². The normalized spacial score (nSPS) is 14.6. The van der Waals surface area contributed by atoms with Gasteiger partial charge in [-0.05, 0) is 55.0 Å². The number of hydrogen-bond acceptors (Lipinski definition) is 4. The van der Waals surface area contributed by atoms with Crippen molar-refractivity contribution in [3.63, 3.8) is 0 Å². The number of halogens is 3. The zero-order valence-corrected chi connectivity index (χ0v) is 23.4. The molecular weight excluding hydrogens is 529 g/mol. The van der Waals surface area contributed by atoms with Gasteiger partial charge in [-0.2, -0.15) is 18.3 Å². The summed E-state index contributed by atoms with van der Waals surface area (Å²) in [4.78, 5) is 32.5. The van der Waals surface area contributed by atoms with Gasteiger partial charge in [0.05, 0.1) is 22.4 Å². The second kappa shape index (κ2) is 10.6. The SMILES string of the molecule is Cc1ccc(CCN(C)C(=O)c2ccc(-n3nc(-c4ccc(C(F)(F)F)cc4)c4c3CC(C)(C)CC4=O)nc2)cc1. The molecule has 5 rings (SSSR count). The number of benzene rings is 2. The standard InChI is InChI=1S/C32H31F3N4O2/c1-20-5-7-21(8-6-20)15-16-38(4)30(41)23-11-14-27(36-19-23)39-25-17-31(2,3)18-26(40)28(25)29(37-39)22-9-12-24(13-10-22)32(33,34)35/h5-14,19H,15-18H2,1-4H3. The summed E-state index contributed by atoms with van der Waals surface area (Å²) < 4.78 is 41.0. The Balaban J connectivity index is 1.43. The van der Waals surface area contributed by atoms with Gasteiger partial charge in [0.1, 0.15) is 5.69 Å². The molecule has 0 bridgehead atoms. The third-order valence-corrected chi connectivity index (χ3v) is 7.45. The van der Waals surface area contributed by atoms with Crippen LogP contribution >= 0.6 is 0 Å². The highest BCUT2D eigenvalue weighted by Gasteiger charge is 2.37. The van der Waals surface area contributed by atoms with Gasteiger partial charge in [0, 0.05) is 31.8 Å². The van der Waals surface area contributed by atoms with Gasteiger partial charge in [-0.25, -0.2) is 9.67 Å². The van der Waals surface area contributed by atoms with Gasteiger partial charge in [-0.3, -0.25) is 9.59 Å². The number of likely N-dealkylation sites (N-methyl/N-ethyl adjacent to an activating group) is 1. The van der Waals surface area contributed by atoms with E-state index in [0.29, 0.717) is 53.3 Å². The molecule has 0 N–H and O–H groups in total. The summed E-state index contributed by atoms with van der Waals surface area (Å²) in [6.07, 6.45) is -1.42. The third-order valence-electron chi connectivity index (χ3n) is 7.45. The molecule has 6 nitrogen and oxygen atoms in total. The first-order valence-electron chi connectivity index (χ1n) is 13.4. The van der Waals surface area contributed by atoms with Crippen LogP contribution in [0.3, 0.4) is 0 Å². The highest BCUT2D eigenvalue weighted by Crippen LogP contribution is 2.40. The van der Waals surface area contributed by atoms with Gasteiger partial charge in [0.25, 0.3) is 5.91 Å². The molecule has 0 saturated carbocycles. The summed E-state index contributed by atoms with van der Waals surface area (Å²) in [5, 5.41) is 4.68. The Labute approximate surface area is 236 Å². The minimum Gasteiger partial charge on any atom is -0.341 e. The molecule has 0 spiro atoms. The Morgan fingerprint density at radius 1 is 1.00 bits per heavy atom. The number of pyridine rings is 1. The van der Waals surface area contributed by atoms with Crippen LogP contribution in [-0.2, 0) is 19.0 Å². The van der Waals surface area contributed by atoms with Crippen molar-refractivity contribution in [1.29, 1.82) is 0 Å². The van der Waals surface area contributed by atoms with E-state index in [-0.39, 0.29) is 17.1 Å². The average Bonchev–Trinajstić information content (AvgIpc) is 3.30. The molecule has 1 aliphatic rings. The molecule has 1 amide bonds. The monoisotopic (exact) mass is 560 g/mol. The van der Waals surface area contributed by atoms with E-state index in [2.05, 4.69) is 22.2 Å². The van der Waals surface area contributed by atoms with Crippen molar-refractivity contribution in [3.05, 3.63) is 100 Å². The Morgan fingerprint density at radius 2 is 1.68 bits per heavy atom. The van der Waals surface area contributed by atoms with Gasteiger partial charge in [0.2, 0.25) is 0 Å². The zero-order valence-electron chi connectivity index (χ0n) is 23.4. The molecule has 212 valence electrons. The predicted molar refractivity (Wildman–Crippen MR) is 150 cm³/mol. The van der Waals surface area contributed by atoms with E-state index in [4.69, 9.17) is 0 Å². The molecule has 2 heterocycles. The number of aromatic nitrogens is 3. The van der Waals surface area contributed by atoms with Crippen LogP contribution in [0.4, 0.5) is 13.2 Å². The number of fused-ring (bicyclic) bond motifs is 1. The van der Waals surface area contributed by atoms with E-state index >= 15 is 0 Å². The van der Waals surface area contributed by atoms with Crippen LogP contribution in [0, 0.1) is 12.3 Å². The number of amides is 1. The smallest absolute Gasteiger partial charge is 0.341 e. The fourth-order valence-electron chi connectivity index (χ4n) is 5.17. The molecule has 0 atom stereocenters. The van der Waals surface area contributed by atoms with E-state index in [1.54, 1.807) is 28.8 Å². The number of hydrogen-bond donors (Lipinski definition) is 0. The first-order valence-corrected chi connectivity index (χ1v) is 13.4. The molecule has 4 aromatic rings. The fourth-order valence-corrected chi connectivity index (χ4v) is 5.17. The van der Waals surface area contributed by atoms with Crippen LogP contribution in [0.25, 0.3) is 17.1 Å². The fraction of sp³-hybridized carbons (Fsp3) is 0.312. The van der Waals surface area contributed by atoms with Gasteiger partial charge >= 0.3 is 6.18 Å². The summed E-state index contributed by atoms with van der Waals surface area (Å²) in [7, 11) is 1.75. The quantitative estimate of drug-likeness (QED) is 0.262. The number of ketones is 1. The molecule has 0 radical (unpaired) electrons. The molecule has 2 aromatic carbocycles. The molecule has 0 saturated heterocycles. The zero-order chi connectivity index (χ0) is 29.5. The van der Waals surface area contributed by atoms with Gasteiger partial charge in [0.15, 0.2) is 11.6 Å². The lowest BCUT2D eigenvalue weighted by Gasteiger charge is -2.29. The van der Waals surface area contributed by atoms with Crippen molar-refractivity contribution < 1.29 is 22.8 Å².